The molecule has 0 saturated heterocycles. The molecule has 0 aromatic heterocycles. The molecule has 0 N–H and O–H groups in total. The first-order valence-electron chi connectivity index (χ1n) is 4.50. The van der Waals surface area contributed by atoms with Gasteiger partial charge in [-0.1, -0.05) is 39.5 Å². The smallest absolute Gasteiger partial charge is 0.122 e. The SMILES string of the molecule is C=C/C(=C(C)\C(F)=C/C)C(C)(C)C. The number of allylic oxidation sites excluding steroid dienone is 5. The minimum absolute atomic E-state index is 0.0494. The molecule has 1 heteroatoms. The lowest BCUT2D eigenvalue weighted by atomic mass is 9.83. The first kappa shape index (κ1) is 12.2. The summed E-state index contributed by atoms with van der Waals surface area (Å²) in [6.45, 7) is 13.4. The monoisotopic (exact) mass is 182 g/mol. The summed E-state index contributed by atoms with van der Waals surface area (Å²) in [6, 6.07) is 0. The summed E-state index contributed by atoms with van der Waals surface area (Å²) in [5.41, 5.74) is 1.60. The van der Waals surface area contributed by atoms with Gasteiger partial charge in [0.1, 0.15) is 5.83 Å². The Hall–Kier alpha value is -0.850. The first-order valence-corrected chi connectivity index (χ1v) is 4.50. The molecule has 13 heavy (non-hydrogen) atoms. The van der Waals surface area contributed by atoms with E-state index in [4.69, 9.17) is 0 Å². The van der Waals surface area contributed by atoms with E-state index in [9.17, 15) is 4.39 Å². The second-order valence-electron chi connectivity index (χ2n) is 4.13. The van der Waals surface area contributed by atoms with Gasteiger partial charge in [0.15, 0.2) is 0 Å². The maximum Gasteiger partial charge on any atom is 0.122 e. The second kappa shape index (κ2) is 4.40. The van der Waals surface area contributed by atoms with Gasteiger partial charge in [-0.25, -0.2) is 4.39 Å². The molecule has 0 aromatic carbocycles. The molecule has 0 amide bonds. The highest BCUT2D eigenvalue weighted by Crippen LogP contribution is 2.31. The molecule has 0 radical (unpaired) electrons. The number of hydrogen-bond acceptors (Lipinski definition) is 0. The van der Waals surface area contributed by atoms with Crippen LogP contribution in [-0.4, -0.2) is 0 Å². The van der Waals surface area contributed by atoms with Crippen molar-refractivity contribution in [2.75, 3.05) is 0 Å². The number of hydrogen-bond donors (Lipinski definition) is 0. The van der Waals surface area contributed by atoms with Gasteiger partial charge in [0.2, 0.25) is 0 Å². The molecule has 0 saturated carbocycles. The third kappa shape index (κ3) is 3.17. The summed E-state index contributed by atoms with van der Waals surface area (Å²) in [5.74, 6) is -0.162. The lowest BCUT2D eigenvalue weighted by Gasteiger charge is -2.22. The molecule has 0 heterocycles. The molecule has 0 fully saturated rings. The van der Waals surface area contributed by atoms with E-state index in [2.05, 4.69) is 27.4 Å². The highest BCUT2D eigenvalue weighted by Gasteiger charge is 2.17. The van der Waals surface area contributed by atoms with Crippen LogP contribution in [0.3, 0.4) is 0 Å². The Labute approximate surface area is 80.9 Å². The lowest BCUT2D eigenvalue weighted by Crippen LogP contribution is -2.09. The Balaban J connectivity index is 5.27. The van der Waals surface area contributed by atoms with Crippen LogP contribution in [0.1, 0.15) is 34.6 Å². The van der Waals surface area contributed by atoms with E-state index in [0.29, 0.717) is 5.57 Å². The van der Waals surface area contributed by atoms with E-state index < -0.39 is 0 Å². The zero-order valence-electron chi connectivity index (χ0n) is 9.24. The third-order valence-electron chi connectivity index (χ3n) is 2.03. The minimum atomic E-state index is -0.162. The summed E-state index contributed by atoms with van der Waals surface area (Å²) >= 11 is 0. The largest absolute Gasteiger partial charge is 0.207 e. The molecule has 0 unspecified atom stereocenters. The molecule has 0 atom stereocenters. The van der Waals surface area contributed by atoms with Crippen molar-refractivity contribution in [2.24, 2.45) is 5.41 Å². The molecular weight excluding hydrogens is 163 g/mol. The summed E-state index contributed by atoms with van der Waals surface area (Å²) in [6.07, 6.45) is 3.21. The molecule has 0 aliphatic carbocycles. The minimum Gasteiger partial charge on any atom is -0.207 e. The summed E-state index contributed by atoms with van der Waals surface area (Å²) in [4.78, 5) is 0. The highest BCUT2D eigenvalue weighted by molar-refractivity contribution is 5.37. The zero-order valence-corrected chi connectivity index (χ0v) is 9.24. The number of rotatable bonds is 2. The van der Waals surface area contributed by atoms with Crippen LogP contribution in [0, 0.1) is 5.41 Å². The van der Waals surface area contributed by atoms with Gasteiger partial charge in [-0.3, -0.25) is 0 Å². The van der Waals surface area contributed by atoms with E-state index >= 15 is 0 Å². The predicted octanol–water partition coefficient (Wildman–Crippen LogP) is 4.41. The molecule has 0 spiro atoms. The van der Waals surface area contributed by atoms with Crippen molar-refractivity contribution in [3.63, 3.8) is 0 Å². The van der Waals surface area contributed by atoms with E-state index in [-0.39, 0.29) is 11.2 Å². The molecule has 74 valence electrons. The Morgan fingerprint density at radius 3 is 2.00 bits per heavy atom. The van der Waals surface area contributed by atoms with Crippen LogP contribution in [0.4, 0.5) is 4.39 Å². The Kier molecular flexibility index (Phi) is 4.12. The van der Waals surface area contributed by atoms with Crippen LogP contribution in [0.5, 0.6) is 0 Å². The standard InChI is InChI=1S/C12H19F/c1-7-10(12(4,5)6)9(3)11(13)8-2/h7-8H,1H2,2-6H3/b10-9+,11-8+. The van der Waals surface area contributed by atoms with Crippen LogP contribution in [-0.2, 0) is 0 Å². The van der Waals surface area contributed by atoms with Crippen LogP contribution in [0.2, 0.25) is 0 Å². The molecule has 0 rings (SSSR count). The predicted molar refractivity (Wildman–Crippen MR) is 57.2 cm³/mol. The fourth-order valence-electron chi connectivity index (χ4n) is 1.37. The number of halogens is 1. The summed E-state index contributed by atoms with van der Waals surface area (Å²) in [7, 11) is 0. The average molecular weight is 182 g/mol. The lowest BCUT2D eigenvalue weighted by molar-refractivity contribution is 0.507. The van der Waals surface area contributed by atoms with E-state index in [1.165, 1.54) is 6.08 Å². The van der Waals surface area contributed by atoms with Gasteiger partial charge < -0.3 is 0 Å². The topological polar surface area (TPSA) is 0 Å². The van der Waals surface area contributed by atoms with E-state index in [1.807, 2.05) is 0 Å². The van der Waals surface area contributed by atoms with Crippen molar-refractivity contribution >= 4 is 0 Å². The van der Waals surface area contributed by atoms with E-state index in [1.54, 1.807) is 19.9 Å². The summed E-state index contributed by atoms with van der Waals surface area (Å²) < 4.78 is 13.2. The second-order valence-corrected chi connectivity index (χ2v) is 4.13. The Morgan fingerprint density at radius 2 is 1.77 bits per heavy atom. The Morgan fingerprint density at radius 1 is 1.31 bits per heavy atom. The van der Waals surface area contributed by atoms with Crippen LogP contribution in [0.25, 0.3) is 0 Å². The Bertz CT molecular complexity index is 249. The molecular formula is C12H19F. The van der Waals surface area contributed by atoms with Crippen molar-refractivity contribution < 1.29 is 4.39 Å². The average Bonchev–Trinajstić information content (AvgIpc) is 2.01. The van der Waals surface area contributed by atoms with Gasteiger partial charge in [0, 0.05) is 0 Å². The van der Waals surface area contributed by atoms with Crippen LogP contribution in [0.15, 0.2) is 35.7 Å². The van der Waals surface area contributed by atoms with Crippen molar-refractivity contribution in [3.05, 3.63) is 35.7 Å². The van der Waals surface area contributed by atoms with Gasteiger partial charge in [-0.2, -0.15) is 0 Å². The van der Waals surface area contributed by atoms with Crippen LogP contribution >= 0.6 is 0 Å². The summed E-state index contributed by atoms with van der Waals surface area (Å²) in [5, 5.41) is 0. The van der Waals surface area contributed by atoms with Gasteiger partial charge in [0.05, 0.1) is 0 Å². The van der Waals surface area contributed by atoms with Crippen LogP contribution < -0.4 is 0 Å². The van der Waals surface area contributed by atoms with Crippen molar-refractivity contribution in [3.8, 4) is 0 Å². The molecule has 0 bridgehead atoms. The fraction of sp³-hybridized carbons (Fsp3) is 0.500. The van der Waals surface area contributed by atoms with Crippen molar-refractivity contribution in [1.82, 2.24) is 0 Å². The maximum atomic E-state index is 13.2. The van der Waals surface area contributed by atoms with Gasteiger partial charge >= 0.3 is 0 Å². The third-order valence-corrected chi connectivity index (χ3v) is 2.03. The highest BCUT2D eigenvalue weighted by atomic mass is 19.1. The van der Waals surface area contributed by atoms with Gasteiger partial charge in [0.25, 0.3) is 0 Å². The first-order chi connectivity index (χ1) is 5.84. The zero-order chi connectivity index (χ0) is 10.6. The van der Waals surface area contributed by atoms with Gasteiger partial charge in [-0.15, -0.1) is 0 Å². The quantitative estimate of drug-likeness (QED) is 0.555. The van der Waals surface area contributed by atoms with Crippen molar-refractivity contribution in [1.29, 1.82) is 0 Å². The van der Waals surface area contributed by atoms with Gasteiger partial charge in [-0.05, 0) is 30.4 Å². The molecule has 0 aliphatic rings. The maximum absolute atomic E-state index is 13.2. The molecule has 0 aliphatic heterocycles. The van der Waals surface area contributed by atoms with Crippen molar-refractivity contribution in [2.45, 2.75) is 34.6 Å². The van der Waals surface area contributed by atoms with E-state index in [0.717, 1.165) is 5.57 Å². The normalized spacial score (nSPS) is 15.4. The fourth-order valence-corrected chi connectivity index (χ4v) is 1.37. The molecule has 0 nitrogen and oxygen atoms in total. The molecule has 0 aromatic rings.